The summed E-state index contributed by atoms with van der Waals surface area (Å²) in [5, 5.41) is 7.80. The van der Waals surface area contributed by atoms with E-state index in [4.69, 9.17) is 4.74 Å². The first kappa shape index (κ1) is 32.4. The lowest BCUT2D eigenvalue weighted by Gasteiger charge is -2.09. The van der Waals surface area contributed by atoms with Gasteiger partial charge in [-0.2, -0.15) is 5.10 Å². The third kappa shape index (κ3) is 10.5. The van der Waals surface area contributed by atoms with Crippen molar-refractivity contribution >= 4 is 12.4 Å². The third-order valence-corrected chi connectivity index (χ3v) is 3.84. The van der Waals surface area contributed by atoms with Gasteiger partial charge in [-0.05, 0) is 24.6 Å². The van der Waals surface area contributed by atoms with Crippen molar-refractivity contribution in [3.63, 3.8) is 0 Å². The lowest BCUT2D eigenvalue weighted by molar-refractivity contribution is 0.272. The van der Waals surface area contributed by atoms with Crippen molar-refractivity contribution in [1.82, 2.24) is 15.1 Å². The smallest absolute Gasteiger partial charge is 0.212 e. The van der Waals surface area contributed by atoms with Crippen LogP contribution in [0.1, 0.15) is 52.9 Å². The summed E-state index contributed by atoms with van der Waals surface area (Å²) in [4.78, 5) is 0. The fraction of sp³-hybridized carbons (Fsp3) is 0.400. The van der Waals surface area contributed by atoms with E-state index in [0.29, 0.717) is 6.61 Å². The van der Waals surface area contributed by atoms with Crippen LogP contribution < -0.4 is 10.1 Å². The van der Waals surface area contributed by atoms with Crippen molar-refractivity contribution < 1.29 is 4.74 Å². The largest absolute Gasteiger partial charge is 0.473 e. The molecule has 3 aromatic rings. The molecule has 0 fully saturated rings. The SMILES string of the molecule is C.C.C.CC.CNCc1cc(OCc2ccccc2)n(CCc2ccccc2)n1.Cl. The van der Waals surface area contributed by atoms with E-state index in [1.54, 1.807) is 0 Å². The highest BCUT2D eigenvalue weighted by atomic mass is 35.5. The fourth-order valence-corrected chi connectivity index (χ4v) is 2.61. The monoisotopic (exact) mass is 435 g/mol. The summed E-state index contributed by atoms with van der Waals surface area (Å²) in [6, 6.07) is 22.7. The predicted octanol–water partition coefficient (Wildman–Crippen LogP) is 6.78. The molecule has 1 N–H and O–H groups in total. The number of rotatable bonds is 8. The van der Waals surface area contributed by atoms with Gasteiger partial charge in [0.25, 0.3) is 0 Å². The van der Waals surface area contributed by atoms with E-state index in [1.807, 2.05) is 55.9 Å². The number of hydrogen-bond acceptors (Lipinski definition) is 3. The minimum absolute atomic E-state index is 0. The number of halogens is 1. The molecule has 5 heteroatoms. The molecule has 0 spiro atoms. The summed E-state index contributed by atoms with van der Waals surface area (Å²) < 4.78 is 7.97. The molecule has 170 valence electrons. The molecule has 30 heavy (non-hydrogen) atoms. The van der Waals surface area contributed by atoms with Crippen molar-refractivity contribution in [2.45, 2.75) is 62.2 Å². The average Bonchev–Trinajstić information content (AvgIpc) is 3.10. The van der Waals surface area contributed by atoms with E-state index in [-0.39, 0.29) is 34.7 Å². The van der Waals surface area contributed by atoms with Crippen LogP contribution in [-0.4, -0.2) is 16.8 Å². The normalized spacial score (nSPS) is 8.77. The second-order valence-corrected chi connectivity index (χ2v) is 5.74. The second kappa shape index (κ2) is 18.7. The lowest BCUT2D eigenvalue weighted by Crippen LogP contribution is -2.09. The number of aromatic nitrogens is 2. The van der Waals surface area contributed by atoms with Crippen LogP contribution in [0.3, 0.4) is 0 Å². The van der Waals surface area contributed by atoms with Gasteiger partial charge in [0.1, 0.15) is 6.61 Å². The van der Waals surface area contributed by atoms with E-state index in [1.165, 1.54) is 5.56 Å². The van der Waals surface area contributed by atoms with E-state index < -0.39 is 0 Å². The maximum atomic E-state index is 6.01. The minimum Gasteiger partial charge on any atom is -0.473 e. The summed E-state index contributed by atoms with van der Waals surface area (Å²) in [6.45, 7) is 6.09. The van der Waals surface area contributed by atoms with Crippen LogP contribution in [0.15, 0.2) is 66.7 Å². The summed E-state index contributed by atoms with van der Waals surface area (Å²) in [5.41, 5.74) is 3.45. The van der Waals surface area contributed by atoms with Gasteiger partial charge >= 0.3 is 0 Å². The number of nitrogens with one attached hydrogen (secondary N) is 1. The van der Waals surface area contributed by atoms with E-state index >= 15 is 0 Å². The van der Waals surface area contributed by atoms with Crippen LogP contribution in [0.4, 0.5) is 0 Å². The van der Waals surface area contributed by atoms with Gasteiger partial charge in [-0.25, -0.2) is 4.68 Å². The maximum absolute atomic E-state index is 6.01. The third-order valence-electron chi connectivity index (χ3n) is 3.84. The molecule has 0 bridgehead atoms. The highest BCUT2D eigenvalue weighted by molar-refractivity contribution is 5.85. The molecular formula is C25H42ClN3O. The number of benzene rings is 2. The van der Waals surface area contributed by atoms with Crippen LogP contribution in [-0.2, 0) is 26.1 Å². The molecular weight excluding hydrogens is 394 g/mol. The molecule has 0 aliphatic carbocycles. The van der Waals surface area contributed by atoms with Crippen molar-refractivity contribution in [1.29, 1.82) is 0 Å². The number of hydrogen-bond donors (Lipinski definition) is 1. The molecule has 0 saturated carbocycles. The molecule has 0 aliphatic rings. The summed E-state index contributed by atoms with van der Waals surface area (Å²) in [6.07, 6.45) is 0.934. The van der Waals surface area contributed by atoms with Crippen LogP contribution in [0.5, 0.6) is 5.88 Å². The first-order valence-electron chi connectivity index (χ1n) is 9.27. The molecule has 0 aliphatic heterocycles. The molecule has 0 amide bonds. The van der Waals surface area contributed by atoms with Crippen molar-refractivity contribution in [2.75, 3.05) is 7.05 Å². The van der Waals surface area contributed by atoms with Crippen molar-refractivity contribution in [2.24, 2.45) is 0 Å². The standard InChI is InChI=1S/C20H23N3O.C2H6.3CH4.ClH/c1-21-15-19-14-20(24-16-18-10-6-3-7-11-18)23(22-19)13-12-17-8-4-2-5-9-17;1-2;;;;/h2-11,14,21H,12-13,15-16H2,1H3;1-2H3;3*1H4;1H. The molecule has 4 nitrogen and oxygen atoms in total. The predicted molar refractivity (Wildman–Crippen MR) is 135 cm³/mol. The van der Waals surface area contributed by atoms with Crippen LogP contribution in [0, 0.1) is 0 Å². The summed E-state index contributed by atoms with van der Waals surface area (Å²) in [7, 11) is 1.92. The van der Waals surface area contributed by atoms with Crippen molar-refractivity contribution in [3.05, 3.63) is 83.6 Å². The highest BCUT2D eigenvalue weighted by Gasteiger charge is 2.09. The number of aryl methyl sites for hydroxylation is 2. The minimum atomic E-state index is 0. The topological polar surface area (TPSA) is 39.1 Å². The molecule has 1 aromatic heterocycles. The van der Waals surface area contributed by atoms with Gasteiger partial charge in [0.15, 0.2) is 0 Å². The Labute approximate surface area is 191 Å². The van der Waals surface area contributed by atoms with Gasteiger partial charge in [0, 0.05) is 19.2 Å². The van der Waals surface area contributed by atoms with Crippen molar-refractivity contribution in [3.8, 4) is 5.88 Å². The van der Waals surface area contributed by atoms with E-state index in [0.717, 1.165) is 36.6 Å². The molecule has 0 saturated heterocycles. The highest BCUT2D eigenvalue weighted by Crippen LogP contribution is 2.17. The lowest BCUT2D eigenvalue weighted by atomic mass is 10.1. The quantitative estimate of drug-likeness (QED) is 0.423. The summed E-state index contributed by atoms with van der Waals surface area (Å²) in [5.74, 6) is 0.819. The Morgan fingerprint density at radius 1 is 0.867 bits per heavy atom. The van der Waals surface area contributed by atoms with Crippen LogP contribution >= 0.6 is 12.4 Å². The summed E-state index contributed by atoms with van der Waals surface area (Å²) >= 11 is 0. The number of nitrogens with zero attached hydrogens (tertiary/aromatic N) is 2. The zero-order valence-corrected chi connectivity index (χ0v) is 17.2. The van der Waals surface area contributed by atoms with Gasteiger partial charge in [-0.15, -0.1) is 12.4 Å². The molecule has 0 radical (unpaired) electrons. The Kier molecular flexibility index (Phi) is 20.2. The van der Waals surface area contributed by atoms with Gasteiger partial charge < -0.3 is 10.1 Å². The van der Waals surface area contributed by atoms with Crippen LogP contribution in [0.2, 0.25) is 0 Å². The molecule has 0 atom stereocenters. The van der Waals surface area contributed by atoms with Gasteiger partial charge in [0.2, 0.25) is 5.88 Å². The zero-order chi connectivity index (χ0) is 18.6. The molecule has 3 rings (SSSR count). The molecule has 1 heterocycles. The van der Waals surface area contributed by atoms with Gasteiger partial charge in [-0.3, -0.25) is 0 Å². The maximum Gasteiger partial charge on any atom is 0.212 e. The fourth-order valence-electron chi connectivity index (χ4n) is 2.61. The first-order chi connectivity index (χ1) is 12.8. The molecule has 2 aromatic carbocycles. The van der Waals surface area contributed by atoms with E-state index in [9.17, 15) is 0 Å². The Hall–Kier alpha value is -2.30. The Balaban J connectivity index is -0.00000118. The average molecular weight is 436 g/mol. The Bertz CT molecular complexity index is 685. The van der Waals surface area contributed by atoms with Gasteiger partial charge in [0.05, 0.1) is 5.69 Å². The zero-order valence-electron chi connectivity index (χ0n) is 16.4. The Morgan fingerprint density at radius 2 is 1.40 bits per heavy atom. The van der Waals surface area contributed by atoms with Gasteiger partial charge in [-0.1, -0.05) is 96.8 Å². The molecule has 0 unspecified atom stereocenters. The second-order valence-electron chi connectivity index (χ2n) is 5.74. The first-order valence-corrected chi connectivity index (χ1v) is 9.27. The Morgan fingerprint density at radius 3 is 1.93 bits per heavy atom. The van der Waals surface area contributed by atoms with Crippen LogP contribution in [0.25, 0.3) is 0 Å². The van der Waals surface area contributed by atoms with E-state index in [2.05, 4.69) is 46.8 Å². The number of ether oxygens (including phenoxy) is 1.